The van der Waals surface area contributed by atoms with Gasteiger partial charge in [-0.1, -0.05) is 13.8 Å². The third-order valence-corrected chi connectivity index (χ3v) is 2.75. The van der Waals surface area contributed by atoms with E-state index in [1.807, 2.05) is 0 Å². The van der Waals surface area contributed by atoms with Gasteiger partial charge in [0, 0.05) is 13.1 Å². The fraction of sp³-hybridized carbons (Fsp3) is 0.462. The normalized spacial score (nSPS) is 10.8. The third-order valence-electron chi connectivity index (χ3n) is 2.75. The van der Waals surface area contributed by atoms with Gasteiger partial charge in [-0.15, -0.1) is 0 Å². The van der Waals surface area contributed by atoms with Gasteiger partial charge in [0.05, 0.1) is 5.56 Å². The van der Waals surface area contributed by atoms with E-state index in [1.165, 1.54) is 4.90 Å². The average molecular weight is 294 g/mol. The Hall–Kier alpha value is -1.66. The van der Waals surface area contributed by atoms with Crippen LogP contribution < -0.4 is 0 Å². The van der Waals surface area contributed by atoms with Crippen LogP contribution in [0.3, 0.4) is 0 Å². The fourth-order valence-electron chi connectivity index (χ4n) is 1.85. The molecule has 112 valence electrons. The number of hydrogen-bond donors (Lipinski definition) is 1. The van der Waals surface area contributed by atoms with Crippen LogP contribution >= 0.6 is 0 Å². The van der Waals surface area contributed by atoms with Gasteiger partial charge in [-0.3, -0.25) is 5.41 Å². The van der Waals surface area contributed by atoms with E-state index >= 15 is 0 Å². The van der Waals surface area contributed by atoms with E-state index in [2.05, 4.69) is 0 Å². The summed E-state index contributed by atoms with van der Waals surface area (Å²) in [6.45, 7) is 4.17. The molecule has 1 aromatic rings. The van der Waals surface area contributed by atoms with Crippen molar-refractivity contribution in [2.75, 3.05) is 13.1 Å². The zero-order chi connectivity index (χ0) is 15.4. The number of benzene rings is 1. The largest absolute Gasteiger partial charge is 0.356 e. The van der Waals surface area contributed by atoms with Gasteiger partial charge in [0.25, 0.3) is 0 Å². The Morgan fingerprint density at radius 2 is 1.15 bits per heavy atom. The number of halogens is 5. The van der Waals surface area contributed by atoms with Crippen molar-refractivity contribution in [3.8, 4) is 0 Å². The summed E-state index contributed by atoms with van der Waals surface area (Å²) in [5, 5.41) is 7.73. The molecule has 0 radical (unpaired) electrons. The number of nitrogens with zero attached hydrogens (tertiary/aromatic N) is 1. The third kappa shape index (κ3) is 2.91. The van der Waals surface area contributed by atoms with Gasteiger partial charge in [-0.05, 0) is 12.8 Å². The lowest BCUT2D eigenvalue weighted by Gasteiger charge is -2.25. The number of nitrogens with one attached hydrogen (secondary N) is 1. The first-order valence-electron chi connectivity index (χ1n) is 6.22. The Bertz CT molecular complexity index is 481. The lowest BCUT2D eigenvalue weighted by molar-refractivity contribution is 0.369. The van der Waals surface area contributed by atoms with Crippen LogP contribution in [0.4, 0.5) is 22.0 Å². The van der Waals surface area contributed by atoms with Crippen molar-refractivity contribution in [1.29, 1.82) is 5.41 Å². The molecule has 0 atom stereocenters. The predicted molar refractivity (Wildman–Crippen MR) is 65.2 cm³/mol. The summed E-state index contributed by atoms with van der Waals surface area (Å²) in [5.74, 6) is -10.9. The molecule has 20 heavy (non-hydrogen) atoms. The van der Waals surface area contributed by atoms with Crippen LogP contribution in [0.5, 0.6) is 0 Å². The average Bonchev–Trinajstić information content (AvgIpc) is 2.43. The molecule has 0 heterocycles. The zero-order valence-corrected chi connectivity index (χ0v) is 11.2. The van der Waals surface area contributed by atoms with Gasteiger partial charge in [0.15, 0.2) is 23.3 Å². The van der Waals surface area contributed by atoms with E-state index in [0.717, 1.165) is 0 Å². The summed E-state index contributed by atoms with van der Waals surface area (Å²) in [5.41, 5.74) is -1.18. The first-order valence-corrected chi connectivity index (χ1v) is 6.22. The lowest BCUT2D eigenvalue weighted by atomic mass is 10.1. The smallest absolute Gasteiger partial charge is 0.200 e. The molecule has 0 saturated heterocycles. The molecule has 0 bridgehead atoms. The van der Waals surface area contributed by atoms with Gasteiger partial charge in [0.2, 0.25) is 5.82 Å². The van der Waals surface area contributed by atoms with Gasteiger partial charge >= 0.3 is 0 Å². The van der Waals surface area contributed by atoms with Crippen LogP contribution in [0.25, 0.3) is 0 Å². The minimum absolute atomic E-state index is 0.298. The summed E-state index contributed by atoms with van der Waals surface area (Å²) < 4.78 is 66.4. The second-order valence-corrected chi connectivity index (χ2v) is 4.28. The standard InChI is InChI=1S/C13H15F5N2/c1-3-5-20(6-4-2)13(19)7-8(14)10(16)12(18)11(17)9(7)15/h19H,3-6H2,1-2H3. The first kappa shape index (κ1) is 16.4. The Kier molecular flexibility index (Phi) is 5.47. The summed E-state index contributed by atoms with van der Waals surface area (Å²) in [4.78, 5) is 1.29. The van der Waals surface area contributed by atoms with E-state index < -0.39 is 40.5 Å². The molecular weight excluding hydrogens is 279 g/mol. The summed E-state index contributed by atoms with van der Waals surface area (Å²) >= 11 is 0. The highest BCUT2D eigenvalue weighted by molar-refractivity contribution is 5.97. The molecule has 0 saturated carbocycles. The second-order valence-electron chi connectivity index (χ2n) is 4.28. The quantitative estimate of drug-likeness (QED) is 0.289. The molecule has 2 nitrogen and oxygen atoms in total. The van der Waals surface area contributed by atoms with Crippen molar-refractivity contribution in [3.63, 3.8) is 0 Å². The van der Waals surface area contributed by atoms with Crippen molar-refractivity contribution in [2.45, 2.75) is 26.7 Å². The monoisotopic (exact) mass is 294 g/mol. The Balaban J connectivity index is 3.34. The van der Waals surface area contributed by atoms with Crippen LogP contribution in [0, 0.1) is 34.5 Å². The summed E-state index contributed by atoms with van der Waals surface area (Å²) in [6, 6.07) is 0. The molecule has 1 N–H and O–H groups in total. The van der Waals surface area contributed by atoms with E-state index in [-0.39, 0.29) is 0 Å². The van der Waals surface area contributed by atoms with Crippen molar-refractivity contribution in [3.05, 3.63) is 34.6 Å². The number of hydrogen-bond acceptors (Lipinski definition) is 1. The van der Waals surface area contributed by atoms with Crippen molar-refractivity contribution >= 4 is 5.84 Å². The number of amidine groups is 1. The summed E-state index contributed by atoms with van der Waals surface area (Å²) in [7, 11) is 0. The molecule has 0 fully saturated rings. The maximum atomic E-state index is 13.6. The maximum absolute atomic E-state index is 13.6. The van der Waals surface area contributed by atoms with Gasteiger partial charge in [-0.25, -0.2) is 22.0 Å². The first-order chi connectivity index (χ1) is 9.36. The van der Waals surface area contributed by atoms with Crippen LogP contribution in [0.15, 0.2) is 0 Å². The minimum atomic E-state index is -2.21. The van der Waals surface area contributed by atoms with Gasteiger partial charge in [0.1, 0.15) is 5.84 Å². The molecule has 7 heteroatoms. The van der Waals surface area contributed by atoms with Crippen LogP contribution in [0.2, 0.25) is 0 Å². The molecule has 0 aliphatic rings. The van der Waals surface area contributed by atoms with Crippen molar-refractivity contribution in [2.24, 2.45) is 0 Å². The van der Waals surface area contributed by atoms with E-state index in [1.54, 1.807) is 13.8 Å². The minimum Gasteiger partial charge on any atom is -0.356 e. The van der Waals surface area contributed by atoms with Gasteiger partial charge in [-0.2, -0.15) is 0 Å². The molecule has 0 spiro atoms. The molecule has 1 aromatic carbocycles. The SMILES string of the molecule is CCCN(CCC)C(=N)c1c(F)c(F)c(F)c(F)c1F. The topological polar surface area (TPSA) is 27.1 Å². The Labute approximate surface area is 113 Å². The predicted octanol–water partition coefficient (Wildman–Crippen LogP) is 3.83. The van der Waals surface area contributed by atoms with Crippen LogP contribution in [-0.2, 0) is 0 Å². The molecule has 0 aliphatic carbocycles. The molecular formula is C13H15F5N2. The molecule has 1 rings (SSSR count). The highest BCUT2D eigenvalue weighted by Gasteiger charge is 2.29. The van der Waals surface area contributed by atoms with E-state index in [0.29, 0.717) is 25.9 Å². The maximum Gasteiger partial charge on any atom is 0.200 e. The summed E-state index contributed by atoms with van der Waals surface area (Å²) in [6.07, 6.45) is 1.16. The van der Waals surface area contributed by atoms with Gasteiger partial charge < -0.3 is 4.90 Å². The van der Waals surface area contributed by atoms with E-state index in [9.17, 15) is 22.0 Å². The van der Waals surface area contributed by atoms with E-state index in [4.69, 9.17) is 5.41 Å². The highest BCUT2D eigenvalue weighted by atomic mass is 19.2. The fourth-order valence-corrected chi connectivity index (χ4v) is 1.85. The van der Waals surface area contributed by atoms with Crippen molar-refractivity contribution in [1.82, 2.24) is 4.90 Å². The highest BCUT2D eigenvalue weighted by Crippen LogP contribution is 2.24. The van der Waals surface area contributed by atoms with Crippen LogP contribution in [-0.4, -0.2) is 23.8 Å². The lowest BCUT2D eigenvalue weighted by Crippen LogP contribution is -2.34. The molecule has 0 aromatic heterocycles. The molecule has 0 aliphatic heterocycles. The van der Waals surface area contributed by atoms with Crippen molar-refractivity contribution < 1.29 is 22.0 Å². The Morgan fingerprint density at radius 3 is 1.50 bits per heavy atom. The number of rotatable bonds is 5. The second kappa shape index (κ2) is 6.67. The Morgan fingerprint density at radius 1 is 0.800 bits per heavy atom. The molecule has 0 amide bonds. The van der Waals surface area contributed by atoms with Crippen LogP contribution in [0.1, 0.15) is 32.3 Å². The zero-order valence-electron chi connectivity index (χ0n) is 11.2. The molecule has 0 unspecified atom stereocenters.